The number of aromatic amines is 1. The van der Waals surface area contributed by atoms with Gasteiger partial charge in [0.15, 0.2) is 0 Å². The number of carbonyl (C=O) groups excluding carboxylic acids is 1. The second kappa shape index (κ2) is 7.68. The van der Waals surface area contributed by atoms with Crippen LogP contribution in [0.3, 0.4) is 0 Å². The van der Waals surface area contributed by atoms with Crippen LogP contribution in [0.2, 0.25) is 0 Å². The molecule has 3 heterocycles. The number of urea groups is 1. The van der Waals surface area contributed by atoms with Gasteiger partial charge in [0.2, 0.25) is 0 Å². The Morgan fingerprint density at radius 1 is 1.21 bits per heavy atom. The molecule has 0 saturated carbocycles. The summed E-state index contributed by atoms with van der Waals surface area (Å²) < 4.78 is 40.5. The predicted molar refractivity (Wildman–Crippen MR) is 107 cm³/mol. The van der Waals surface area contributed by atoms with Crippen molar-refractivity contribution in [3.8, 4) is 0 Å². The van der Waals surface area contributed by atoms with E-state index in [0.29, 0.717) is 30.8 Å². The maximum Gasteiger partial charge on any atom is 0.431 e. The fourth-order valence-corrected chi connectivity index (χ4v) is 5.61. The minimum atomic E-state index is -4.48. The topological polar surface area (TPSA) is 60.2 Å². The Balaban J connectivity index is 1.49. The largest absolute Gasteiger partial charge is 0.431 e. The summed E-state index contributed by atoms with van der Waals surface area (Å²) in [6, 6.07) is -0.470. The normalized spacial score (nSPS) is 17.0. The fourth-order valence-electron chi connectivity index (χ4n) is 4.32. The van der Waals surface area contributed by atoms with E-state index < -0.39 is 17.9 Å². The van der Waals surface area contributed by atoms with Crippen LogP contribution in [0.4, 0.5) is 23.0 Å². The Labute approximate surface area is 171 Å². The molecule has 0 aromatic carbocycles. The SMILES string of the molecule is Cc1c(NC(=O)NCc2c(C(F)(F)F)[nH]c3c2CCN(C)C3)sc2c1CCCC2. The summed E-state index contributed by atoms with van der Waals surface area (Å²) in [6.45, 7) is 2.99. The number of amides is 2. The molecule has 5 nitrogen and oxygen atoms in total. The highest BCUT2D eigenvalue weighted by molar-refractivity contribution is 7.16. The molecule has 2 amide bonds. The van der Waals surface area contributed by atoms with Crippen molar-refractivity contribution in [2.24, 2.45) is 0 Å². The van der Waals surface area contributed by atoms with Gasteiger partial charge in [0.1, 0.15) is 5.69 Å². The molecule has 0 saturated heterocycles. The van der Waals surface area contributed by atoms with E-state index in [-0.39, 0.29) is 12.1 Å². The maximum absolute atomic E-state index is 13.5. The number of aromatic nitrogens is 1. The van der Waals surface area contributed by atoms with Crippen molar-refractivity contribution in [3.05, 3.63) is 38.5 Å². The van der Waals surface area contributed by atoms with E-state index in [9.17, 15) is 18.0 Å². The van der Waals surface area contributed by atoms with Crippen LogP contribution >= 0.6 is 11.3 Å². The summed E-state index contributed by atoms with van der Waals surface area (Å²) in [5.41, 5.74) is 3.07. The van der Waals surface area contributed by atoms with Gasteiger partial charge in [-0.1, -0.05) is 0 Å². The fraction of sp³-hybridized carbons (Fsp3) is 0.550. The summed E-state index contributed by atoms with van der Waals surface area (Å²) in [4.78, 5) is 18.3. The second-order valence-corrected chi connectivity index (χ2v) is 9.00. The van der Waals surface area contributed by atoms with E-state index in [1.54, 1.807) is 11.3 Å². The van der Waals surface area contributed by atoms with Gasteiger partial charge >= 0.3 is 12.2 Å². The van der Waals surface area contributed by atoms with Crippen molar-refractivity contribution in [1.29, 1.82) is 0 Å². The number of fused-ring (bicyclic) bond motifs is 2. The maximum atomic E-state index is 13.5. The van der Waals surface area contributed by atoms with Gasteiger partial charge in [-0.05, 0) is 62.8 Å². The first kappa shape index (κ1) is 20.3. The van der Waals surface area contributed by atoms with Crippen LogP contribution in [0.1, 0.15) is 51.4 Å². The molecule has 2 aromatic heterocycles. The molecular weight excluding hydrogens is 401 g/mol. The third-order valence-electron chi connectivity index (χ3n) is 5.85. The van der Waals surface area contributed by atoms with Crippen LogP contribution in [0.15, 0.2) is 0 Å². The van der Waals surface area contributed by atoms with Crippen LogP contribution < -0.4 is 10.6 Å². The first-order chi connectivity index (χ1) is 13.7. The van der Waals surface area contributed by atoms with Crippen LogP contribution in [0.25, 0.3) is 0 Å². The number of aryl methyl sites for hydroxylation is 1. The Hall–Kier alpha value is -2.00. The Kier molecular flexibility index (Phi) is 5.37. The lowest BCUT2D eigenvalue weighted by atomic mass is 9.96. The highest BCUT2D eigenvalue weighted by atomic mass is 32.1. The smallest absolute Gasteiger partial charge is 0.353 e. The van der Waals surface area contributed by atoms with Gasteiger partial charge in [-0.15, -0.1) is 11.3 Å². The number of likely N-dealkylation sites (N-methyl/N-ethyl adjacent to an activating group) is 1. The molecule has 0 spiro atoms. The van der Waals surface area contributed by atoms with E-state index in [2.05, 4.69) is 15.6 Å². The van der Waals surface area contributed by atoms with Crippen molar-refractivity contribution in [2.75, 3.05) is 18.9 Å². The molecule has 0 bridgehead atoms. The molecule has 0 radical (unpaired) electrons. The molecule has 2 aromatic rings. The standard InChI is InChI=1S/C20H25F3N4OS/c1-11-12-5-3-4-6-16(12)29-18(11)26-19(28)24-9-14-13-7-8-27(2)10-15(13)25-17(14)20(21,22)23/h25H,3-10H2,1-2H3,(H2,24,26,28). The molecule has 158 valence electrons. The molecule has 0 unspecified atom stereocenters. The highest BCUT2D eigenvalue weighted by Gasteiger charge is 2.38. The number of hydrogen-bond acceptors (Lipinski definition) is 3. The molecule has 9 heteroatoms. The number of hydrogen-bond donors (Lipinski definition) is 3. The average molecular weight is 427 g/mol. The van der Waals surface area contributed by atoms with Crippen molar-refractivity contribution in [3.63, 3.8) is 0 Å². The van der Waals surface area contributed by atoms with Crippen molar-refractivity contribution >= 4 is 22.4 Å². The number of nitrogens with zero attached hydrogens (tertiary/aromatic N) is 1. The number of thiophene rings is 1. The van der Waals surface area contributed by atoms with E-state index in [1.165, 1.54) is 10.4 Å². The number of rotatable bonds is 3. The number of H-pyrrole nitrogens is 1. The van der Waals surface area contributed by atoms with Gasteiger partial charge in [-0.25, -0.2) is 4.79 Å². The van der Waals surface area contributed by atoms with E-state index >= 15 is 0 Å². The number of anilines is 1. The minimum absolute atomic E-state index is 0.151. The lowest BCUT2D eigenvalue weighted by Crippen LogP contribution is -2.30. The van der Waals surface area contributed by atoms with E-state index in [4.69, 9.17) is 0 Å². The summed E-state index contributed by atoms with van der Waals surface area (Å²) >= 11 is 1.58. The molecule has 1 aliphatic heterocycles. The van der Waals surface area contributed by atoms with Gasteiger partial charge in [-0.2, -0.15) is 13.2 Å². The van der Waals surface area contributed by atoms with Crippen LogP contribution in [-0.4, -0.2) is 29.5 Å². The first-order valence-corrected chi connectivity index (χ1v) is 10.7. The molecule has 0 atom stereocenters. The quantitative estimate of drug-likeness (QED) is 0.672. The average Bonchev–Trinajstić information content (AvgIpc) is 3.18. The molecule has 29 heavy (non-hydrogen) atoms. The predicted octanol–water partition coefficient (Wildman–Crippen LogP) is 4.59. The number of nitrogens with one attached hydrogen (secondary N) is 3. The van der Waals surface area contributed by atoms with Gasteiger partial charge in [0, 0.05) is 35.8 Å². The van der Waals surface area contributed by atoms with Crippen molar-refractivity contribution in [2.45, 2.75) is 58.3 Å². The van der Waals surface area contributed by atoms with Gasteiger partial charge in [-0.3, -0.25) is 5.32 Å². The van der Waals surface area contributed by atoms with E-state index in [0.717, 1.165) is 36.2 Å². The van der Waals surface area contributed by atoms with Crippen LogP contribution in [-0.2, 0) is 38.5 Å². The van der Waals surface area contributed by atoms with Crippen molar-refractivity contribution in [1.82, 2.24) is 15.2 Å². The summed E-state index contributed by atoms with van der Waals surface area (Å²) in [7, 11) is 1.88. The first-order valence-electron chi connectivity index (χ1n) is 9.88. The van der Waals surface area contributed by atoms with Gasteiger partial charge < -0.3 is 15.2 Å². The zero-order valence-corrected chi connectivity index (χ0v) is 17.4. The number of alkyl halides is 3. The molecule has 3 N–H and O–H groups in total. The van der Waals surface area contributed by atoms with Gasteiger partial charge in [0.05, 0.1) is 5.00 Å². The van der Waals surface area contributed by atoms with E-state index in [1.807, 2.05) is 18.9 Å². The van der Waals surface area contributed by atoms with Crippen molar-refractivity contribution < 1.29 is 18.0 Å². The minimum Gasteiger partial charge on any atom is -0.353 e. The lowest BCUT2D eigenvalue weighted by Gasteiger charge is -2.23. The number of halogens is 3. The zero-order valence-electron chi connectivity index (χ0n) is 16.6. The third kappa shape index (κ3) is 4.02. The summed E-state index contributed by atoms with van der Waals surface area (Å²) in [5, 5.41) is 6.28. The lowest BCUT2D eigenvalue weighted by molar-refractivity contribution is -0.141. The monoisotopic (exact) mass is 426 g/mol. The van der Waals surface area contributed by atoms with Crippen LogP contribution in [0.5, 0.6) is 0 Å². The Bertz CT molecular complexity index is 931. The highest BCUT2D eigenvalue weighted by Crippen LogP contribution is 2.38. The molecular formula is C20H25F3N4OS. The third-order valence-corrected chi connectivity index (χ3v) is 7.16. The summed E-state index contributed by atoms with van der Waals surface area (Å²) in [6.07, 6.45) is 0.431. The number of carbonyl (C=O) groups is 1. The molecule has 0 fully saturated rings. The van der Waals surface area contributed by atoms with Gasteiger partial charge in [0.25, 0.3) is 0 Å². The molecule has 4 rings (SSSR count). The summed E-state index contributed by atoms with van der Waals surface area (Å²) in [5.74, 6) is 0. The Morgan fingerprint density at radius 3 is 2.69 bits per heavy atom. The molecule has 2 aliphatic rings. The molecule has 1 aliphatic carbocycles. The Morgan fingerprint density at radius 2 is 1.97 bits per heavy atom. The second-order valence-electron chi connectivity index (χ2n) is 7.89. The zero-order chi connectivity index (χ0) is 20.8. The van der Waals surface area contributed by atoms with Crippen LogP contribution in [0, 0.1) is 6.92 Å².